The van der Waals surface area contributed by atoms with E-state index in [1.54, 1.807) is 0 Å². The normalized spacial score (nSPS) is 10.7. The van der Waals surface area contributed by atoms with Crippen LogP contribution >= 0.6 is 0 Å². The monoisotopic (exact) mass is 238 g/mol. The van der Waals surface area contributed by atoms with Gasteiger partial charge in [0, 0.05) is 0 Å². The van der Waals surface area contributed by atoms with Gasteiger partial charge in [-0.1, -0.05) is 69.2 Å². The summed E-state index contributed by atoms with van der Waals surface area (Å²) in [5, 5.41) is 2.62. The average Bonchev–Trinajstić information content (AvgIpc) is 2.43. The lowest BCUT2D eigenvalue weighted by atomic mass is 9.98. The van der Waals surface area contributed by atoms with Gasteiger partial charge in [-0.15, -0.1) is 0 Å². The van der Waals surface area contributed by atoms with E-state index in [1.165, 1.54) is 47.6 Å². The van der Waals surface area contributed by atoms with E-state index in [2.05, 4.69) is 56.0 Å². The molecular formula is C18H22. The third-order valence-corrected chi connectivity index (χ3v) is 3.49. The van der Waals surface area contributed by atoms with Crippen molar-refractivity contribution in [3.8, 4) is 0 Å². The molecule has 0 aliphatic heterocycles. The molecule has 0 fully saturated rings. The summed E-state index contributed by atoms with van der Waals surface area (Å²) >= 11 is 0. The first-order valence-electron chi connectivity index (χ1n) is 6.98. The van der Waals surface area contributed by atoms with Crippen LogP contribution in [0.5, 0.6) is 0 Å². The van der Waals surface area contributed by atoms with E-state index < -0.39 is 0 Å². The molecule has 0 N–H and O–H groups in total. The van der Waals surface area contributed by atoms with Crippen molar-refractivity contribution in [3.05, 3.63) is 54.6 Å². The van der Waals surface area contributed by atoms with Crippen LogP contribution in [-0.2, 0) is 0 Å². The molecule has 0 aromatic heterocycles. The van der Waals surface area contributed by atoms with Crippen molar-refractivity contribution in [3.63, 3.8) is 0 Å². The summed E-state index contributed by atoms with van der Waals surface area (Å²) in [4.78, 5) is 0. The van der Waals surface area contributed by atoms with Crippen molar-refractivity contribution in [1.82, 2.24) is 0 Å². The molecular weight excluding hydrogens is 216 g/mol. The van der Waals surface area contributed by atoms with Crippen LogP contribution in [0.25, 0.3) is 16.3 Å². The van der Waals surface area contributed by atoms with E-state index in [4.69, 9.17) is 0 Å². The molecule has 2 aromatic carbocycles. The van der Waals surface area contributed by atoms with Crippen molar-refractivity contribution in [2.75, 3.05) is 0 Å². The zero-order valence-electron chi connectivity index (χ0n) is 11.3. The highest BCUT2D eigenvalue weighted by molar-refractivity contribution is 5.86. The maximum absolute atomic E-state index is 4.23. The summed E-state index contributed by atoms with van der Waals surface area (Å²) in [5.74, 6) is 0. The molecule has 0 heteroatoms. The van der Waals surface area contributed by atoms with E-state index in [1.807, 2.05) is 0 Å². The molecule has 0 bridgehead atoms. The highest BCUT2D eigenvalue weighted by Crippen LogP contribution is 2.23. The van der Waals surface area contributed by atoms with Crippen molar-refractivity contribution in [2.24, 2.45) is 0 Å². The number of benzene rings is 2. The van der Waals surface area contributed by atoms with Crippen LogP contribution in [0.4, 0.5) is 0 Å². The molecule has 2 rings (SSSR count). The molecule has 0 radical (unpaired) electrons. The van der Waals surface area contributed by atoms with Crippen LogP contribution in [-0.4, -0.2) is 0 Å². The Labute approximate surface area is 110 Å². The van der Waals surface area contributed by atoms with Gasteiger partial charge in [0.2, 0.25) is 0 Å². The lowest BCUT2D eigenvalue weighted by molar-refractivity contribution is 0.679. The van der Waals surface area contributed by atoms with Gasteiger partial charge in [0.1, 0.15) is 0 Å². The third kappa shape index (κ3) is 3.22. The number of unbranched alkanes of at least 4 members (excludes halogenated alkanes) is 3. The van der Waals surface area contributed by atoms with E-state index in [-0.39, 0.29) is 0 Å². The second-order valence-electron chi connectivity index (χ2n) is 4.98. The first kappa shape index (κ1) is 12.9. The Morgan fingerprint density at radius 1 is 0.944 bits per heavy atom. The van der Waals surface area contributed by atoms with Crippen molar-refractivity contribution in [1.29, 1.82) is 0 Å². The minimum absolute atomic E-state index is 1.12. The Kier molecular flexibility index (Phi) is 4.58. The lowest BCUT2D eigenvalue weighted by Crippen LogP contribution is -1.85. The van der Waals surface area contributed by atoms with Gasteiger partial charge in [0.05, 0.1) is 0 Å². The van der Waals surface area contributed by atoms with E-state index in [0.717, 1.165) is 6.42 Å². The number of hydrogen-bond acceptors (Lipinski definition) is 0. The Hall–Kier alpha value is -1.56. The number of hydrogen-bond donors (Lipinski definition) is 0. The third-order valence-electron chi connectivity index (χ3n) is 3.49. The second kappa shape index (κ2) is 6.39. The fraction of sp³-hybridized carbons (Fsp3) is 0.333. The molecule has 0 nitrogen and oxygen atoms in total. The highest BCUT2D eigenvalue weighted by atomic mass is 14.1. The SMILES string of the molecule is C=C(CCCCCC)c1ccc2ccccc2c1. The molecule has 0 saturated carbocycles. The van der Waals surface area contributed by atoms with Gasteiger partial charge in [-0.2, -0.15) is 0 Å². The fourth-order valence-electron chi connectivity index (χ4n) is 2.32. The zero-order chi connectivity index (χ0) is 12.8. The van der Waals surface area contributed by atoms with Gasteiger partial charge in [0.25, 0.3) is 0 Å². The molecule has 0 heterocycles. The second-order valence-corrected chi connectivity index (χ2v) is 4.98. The smallest absolute Gasteiger partial charge is 0.0178 e. The summed E-state index contributed by atoms with van der Waals surface area (Å²) < 4.78 is 0. The van der Waals surface area contributed by atoms with Gasteiger partial charge in [-0.05, 0) is 40.8 Å². The molecule has 0 saturated heterocycles. The Balaban J connectivity index is 2.04. The van der Waals surface area contributed by atoms with Crippen molar-refractivity contribution < 1.29 is 0 Å². The quantitative estimate of drug-likeness (QED) is 0.556. The first-order chi connectivity index (χ1) is 8.81. The van der Waals surface area contributed by atoms with Crippen molar-refractivity contribution >= 4 is 16.3 Å². The van der Waals surface area contributed by atoms with Gasteiger partial charge >= 0.3 is 0 Å². The topological polar surface area (TPSA) is 0 Å². The van der Waals surface area contributed by atoms with Crippen LogP contribution in [0.2, 0.25) is 0 Å². The van der Waals surface area contributed by atoms with Gasteiger partial charge in [0.15, 0.2) is 0 Å². The maximum atomic E-state index is 4.23. The Morgan fingerprint density at radius 3 is 2.50 bits per heavy atom. The van der Waals surface area contributed by atoms with Gasteiger partial charge in [-0.3, -0.25) is 0 Å². The van der Waals surface area contributed by atoms with Crippen LogP contribution in [0, 0.1) is 0 Å². The van der Waals surface area contributed by atoms with Crippen LogP contribution in [0.3, 0.4) is 0 Å². The Bertz CT molecular complexity index is 522. The Morgan fingerprint density at radius 2 is 1.72 bits per heavy atom. The van der Waals surface area contributed by atoms with Crippen LogP contribution in [0.15, 0.2) is 49.0 Å². The first-order valence-corrected chi connectivity index (χ1v) is 6.98. The standard InChI is InChI=1S/C18H22/c1-3-4-5-6-9-15(2)17-13-12-16-10-7-8-11-18(16)14-17/h7-8,10-14H,2-6,9H2,1H3. The van der Waals surface area contributed by atoms with Crippen LogP contribution < -0.4 is 0 Å². The van der Waals surface area contributed by atoms with E-state index in [9.17, 15) is 0 Å². The predicted octanol–water partition coefficient (Wildman–Crippen LogP) is 5.82. The molecule has 94 valence electrons. The molecule has 0 amide bonds. The molecule has 0 aliphatic rings. The molecule has 2 aromatic rings. The van der Waals surface area contributed by atoms with Crippen LogP contribution in [0.1, 0.15) is 44.6 Å². The minimum Gasteiger partial charge on any atom is -0.0952 e. The number of fused-ring (bicyclic) bond motifs is 1. The number of rotatable bonds is 6. The van der Waals surface area contributed by atoms with E-state index >= 15 is 0 Å². The summed E-state index contributed by atoms with van der Waals surface area (Å²) in [5.41, 5.74) is 2.57. The van der Waals surface area contributed by atoms with Gasteiger partial charge in [-0.25, -0.2) is 0 Å². The maximum Gasteiger partial charge on any atom is -0.0178 e. The largest absolute Gasteiger partial charge is 0.0952 e. The summed E-state index contributed by atoms with van der Waals surface area (Å²) in [6.07, 6.45) is 6.34. The van der Waals surface area contributed by atoms with E-state index in [0.29, 0.717) is 0 Å². The minimum atomic E-state index is 1.12. The summed E-state index contributed by atoms with van der Waals surface area (Å²) in [6.45, 7) is 6.48. The number of allylic oxidation sites excluding steroid dienone is 1. The molecule has 0 spiro atoms. The summed E-state index contributed by atoms with van der Waals surface area (Å²) in [6, 6.07) is 15.2. The fourth-order valence-corrected chi connectivity index (χ4v) is 2.32. The average molecular weight is 238 g/mol. The predicted molar refractivity (Wildman–Crippen MR) is 81.7 cm³/mol. The molecule has 0 aliphatic carbocycles. The zero-order valence-corrected chi connectivity index (χ0v) is 11.3. The van der Waals surface area contributed by atoms with Gasteiger partial charge < -0.3 is 0 Å². The lowest BCUT2D eigenvalue weighted by Gasteiger charge is -2.07. The summed E-state index contributed by atoms with van der Waals surface area (Å²) in [7, 11) is 0. The molecule has 0 unspecified atom stereocenters. The molecule has 0 atom stereocenters. The van der Waals surface area contributed by atoms with Crippen molar-refractivity contribution in [2.45, 2.75) is 39.0 Å². The highest BCUT2D eigenvalue weighted by Gasteiger charge is 2.00. The molecule has 18 heavy (non-hydrogen) atoms.